The van der Waals surface area contributed by atoms with Crippen molar-refractivity contribution in [2.75, 3.05) is 11.5 Å². The van der Waals surface area contributed by atoms with E-state index < -0.39 is 34.6 Å². The molecule has 1 saturated heterocycles. The predicted molar refractivity (Wildman–Crippen MR) is 114 cm³/mol. The number of fused-ring (bicyclic) bond motifs is 3. The fourth-order valence-corrected chi connectivity index (χ4v) is 5.56. The second-order valence-electron chi connectivity index (χ2n) is 8.24. The number of phenols is 2. The minimum atomic E-state index is -1.54. The van der Waals surface area contributed by atoms with Gasteiger partial charge in [-0.1, -0.05) is 0 Å². The van der Waals surface area contributed by atoms with Crippen molar-refractivity contribution in [3.05, 3.63) is 39.8 Å². The number of ketones is 3. The predicted octanol–water partition coefficient (Wildman–Crippen LogP) is 1.63. The first kappa shape index (κ1) is 21.5. The lowest BCUT2D eigenvalue weighted by molar-refractivity contribution is -0.123. The summed E-state index contributed by atoms with van der Waals surface area (Å²) in [6.07, 6.45) is 0.580. The van der Waals surface area contributed by atoms with Gasteiger partial charge in [-0.05, 0) is 27.7 Å². The Morgan fingerprint density at radius 1 is 1.23 bits per heavy atom. The minimum Gasteiger partial charge on any atom is -0.507 e. The van der Waals surface area contributed by atoms with Crippen molar-refractivity contribution in [2.24, 2.45) is 0 Å². The molecule has 31 heavy (non-hydrogen) atoms. The standard InChI is InChI=1S/C22H23NO7S/c1-8-18(27)16(10(3)24)20-17(19(8)28)22(4)14(30-20)5-12(25)15(21(22)29)9(2)23-11-6-31-7-13(11)26/h5,11,13,23,26-28H,6-7H2,1-4H3/b15-9+/t11?,13?,22-/m0/s1. The number of phenolic OH excluding ortho intramolecular Hbond substituents is 2. The van der Waals surface area contributed by atoms with E-state index in [1.165, 1.54) is 26.8 Å². The number of benzene rings is 1. The van der Waals surface area contributed by atoms with Gasteiger partial charge in [0, 0.05) is 28.8 Å². The van der Waals surface area contributed by atoms with Crippen LogP contribution in [0.4, 0.5) is 0 Å². The number of thioether (sulfide) groups is 1. The fourth-order valence-electron chi connectivity index (χ4n) is 4.39. The van der Waals surface area contributed by atoms with E-state index in [4.69, 9.17) is 4.74 Å². The molecule has 0 aromatic heterocycles. The van der Waals surface area contributed by atoms with Crippen LogP contribution in [-0.2, 0) is 15.0 Å². The zero-order valence-corrected chi connectivity index (χ0v) is 18.3. The molecule has 1 fully saturated rings. The van der Waals surface area contributed by atoms with Crippen LogP contribution in [0.1, 0.15) is 42.3 Å². The lowest BCUT2D eigenvalue weighted by Gasteiger charge is -2.29. The summed E-state index contributed by atoms with van der Waals surface area (Å²) in [6, 6.07) is -0.291. The van der Waals surface area contributed by atoms with Crippen molar-refractivity contribution >= 4 is 29.1 Å². The lowest BCUT2D eigenvalue weighted by Crippen LogP contribution is -2.43. The summed E-state index contributed by atoms with van der Waals surface area (Å²) in [7, 11) is 0. The van der Waals surface area contributed by atoms with Crippen LogP contribution < -0.4 is 10.1 Å². The van der Waals surface area contributed by atoms with Crippen molar-refractivity contribution < 1.29 is 34.4 Å². The summed E-state index contributed by atoms with van der Waals surface area (Å²) >= 11 is 1.57. The van der Waals surface area contributed by atoms with E-state index in [2.05, 4.69) is 5.32 Å². The van der Waals surface area contributed by atoms with Crippen molar-refractivity contribution in [1.82, 2.24) is 5.32 Å². The van der Waals surface area contributed by atoms with Crippen LogP contribution >= 0.6 is 11.8 Å². The third kappa shape index (κ3) is 2.90. The smallest absolute Gasteiger partial charge is 0.194 e. The summed E-state index contributed by atoms with van der Waals surface area (Å²) in [5, 5.41) is 34.4. The molecular formula is C22H23NO7S. The van der Waals surface area contributed by atoms with E-state index in [1.807, 2.05) is 0 Å². The van der Waals surface area contributed by atoms with E-state index in [0.717, 1.165) is 0 Å². The number of carbonyl (C=O) groups excluding carboxylic acids is 3. The number of aliphatic hydroxyl groups is 1. The molecule has 0 bridgehead atoms. The zero-order valence-electron chi connectivity index (χ0n) is 17.5. The van der Waals surface area contributed by atoms with E-state index in [-0.39, 0.29) is 45.6 Å². The number of aliphatic hydroxyl groups excluding tert-OH is 1. The average Bonchev–Trinajstić information content (AvgIpc) is 3.21. The molecule has 4 N–H and O–H groups in total. The zero-order chi connectivity index (χ0) is 22.8. The maximum absolute atomic E-state index is 13.7. The summed E-state index contributed by atoms with van der Waals surface area (Å²) in [6.45, 7) is 5.80. The Labute approximate surface area is 183 Å². The number of ether oxygens (including phenoxy) is 1. The first-order valence-corrected chi connectivity index (χ1v) is 11.0. The quantitative estimate of drug-likeness (QED) is 0.311. The second kappa shape index (κ2) is 7.13. The Bertz CT molecular complexity index is 1120. The average molecular weight is 445 g/mol. The van der Waals surface area contributed by atoms with Gasteiger partial charge in [-0.3, -0.25) is 14.4 Å². The second-order valence-corrected chi connectivity index (χ2v) is 9.32. The van der Waals surface area contributed by atoms with Crippen molar-refractivity contribution in [1.29, 1.82) is 0 Å². The number of aromatic hydroxyl groups is 2. The molecule has 3 atom stereocenters. The van der Waals surface area contributed by atoms with Gasteiger partial charge in [-0.15, -0.1) is 0 Å². The van der Waals surface area contributed by atoms with Crippen molar-refractivity contribution in [2.45, 2.75) is 45.3 Å². The molecule has 2 unspecified atom stereocenters. The third-order valence-electron chi connectivity index (χ3n) is 6.21. The highest BCUT2D eigenvalue weighted by Crippen LogP contribution is 2.57. The number of hydrogen-bond donors (Lipinski definition) is 4. The molecule has 1 aromatic rings. The summed E-state index contributed by atoms with van der Waals surface area (Å²) < 4.78 is 5.73. The maximum atomic E-state index is 13.7. The Morgan fingerprint density at radius 2 is 1.90 bits per heavy atom. The summed E-state index contributed by atoms with van der Waals surface area (Å²) in [5.41, 5.74) is -1.36. The highest BCUT2D eigenvalue weighted by atomic mass is 32.2. The molecule has 3 aliphatic rings. The molecule has 4 rings (SSSR count). The van der Waals surface area contributed by atoms with Crippen LogP contribution in [-0.4, -0.2) is 56.3 Å². The number of carbonyl (C=O) groups is 3. The normalized spacial score (nSPS) is 28.6. The molecule has 2 heterocycles. The Kier molecular flexibility index (Phi) is 4.94. The molecule has 164 valence electrons. The minimum absolute atomic E-state index is 0.00620. The van der Waals surface area contributed by atoms with Crippen molar-refractivity contribution in [3.63, 3.8) is 0 Å². The molecule has 9 heteroatoms. The van der Waals surface area contributed by atoms with Gasteiger partial charge >= 0.3 is 0 Å². The number of nitrogens with one attached hydrogen (secondary N) is 1. The number of rotatable bonds is 3. The highest BCUT2D eigenvalue weighted by Gasteiger charge is 2.56. The van der Waals surface area contributed by atoms with E-state index >= 15 is 0 Å². The maximum Gasteiger partial charge on any atom is 0.194 e. The molecule has 0 spiro atoms. The lowest BCUT2D eigenvalue weighted by atomic mass is 9.70. The summed E-state index contributed by atoms with van der Waals surface area (Å²) in [5.74, 6) is -1.36. The van der Waals surface area contributed by atoms with Gasteiger partial charge in [-0.2, -0.15) is 11.8 Å². The van der Waals surface area contributed by atoms with E-state index in [9.17, 15) is 29.7 Å². The molecular weight excluding hydrogens is 422 g/mol. The Hall–Kier alpha value is -2.78. The number of hydrogen-bond acceptors (Lipinski definition) is 9. The monoisotopic (exact) mass is 445 g/mol. The Morgan fingerprint density at radius 3 is 2.48 bits per heavy atom. The summed E-state index contributed by atoms with van der Waals surface area (Å²) in [4.78, 5) is 38.7. The van der Waals surface area contributed by atoms with Gasteiger partial charge in [-0.25, -0.2) is 0 Å². The van der Waals surface area contributed by atoms with Gasteiger partial charge in [0.15, 0.2) is 17.3 Å². The molecule has 2 aliphatic heterocycles. The molecule has 0 amide bonds. The van der Waals surface area contributed by atoms with Gasteiger partial charge in [0.05, 0.1) is 23.3 Å². The van der Waals surface area contributed by atoms with Gasteiger partial charge in [0.1, 0.15) is 34.0 Å². The SMILES string of the molecule is CC(=O)c1c(O)c(C)c(O)c2c1OC1=CC(=O)/C(=C(/C)NC3CSCC3O)C(=O)[C@@]12C. The van der Waals surface area contributed by atoms with Crippen LogP contribution in [0.25, 0.3) is 0 Å². The highest BCUT2D eigenvalue weighted by molar-refractivity contribution is 7.99. The number of Topliss-reactive ketones (excluding diaryl/α,β-unsaturated/α-hetero) is 2. The van der Waals surface area contributed by atoms with Crippen LogP contribution in [0.5, 0.6) is 17.2 Å². The molecule has 0 saturated carbocycles. The third-order valence-corrected chi connectivity index (χ3v) is 7.38. The largest absolute Gasteiger partial charge is 0.507 e. The first-order chi connectivity index (χ1) is 14.5. The van der Waals surface area contributed by atoms with Crippen molar-refractivity contribution in [3.8, 4) is 17.2 Å². The molecule has 1 aliphatic carbocycles. The topological polar surface area (TPSA) is 133 Å². The Balaban J connectivity index is 1.90. The van der Waals surface area contributed by atoms with Crippen LogP contribution in [0.2, 0.25) is 0 Å². The molecule has 8 nitrogen and oxygen atoms in total. The number of allylic oxidation sites excluding steroid dienone is 4. The van der Waals surface area contributed by atoms with Crippen LogP contribution in [0.3, 0.4) is 0 Å². The van der Waals surface area contributed by atoms with Gasteiger partial charge < -0.3 is 25.4 Å². The fraction of sp³-hybridized carbons (Fsp3) is 0.409. The van der Waals surface area contributed by atoms with E-state index in [1.54, 1.807) is 18.7 Å². The molecule has 1 aromatic carbocycles. The van der Waals surface area contributed by atoms with Crippen LogP contribution in [0.15, 0.2) is 23.1 Å². The first-order valence-electron chi connectivity index (χ1n) is 9.82. The molecule has 0 radical (unpaired) electrons. The van der Waals surface area contributed by atoms with Crippen LogP contribution in [0, 0.1) is 6.92 Å². The van der Waals surface area contributed by atoms with Gasteiger partial charge in [0.25, 0.3) is 0 Å². The van der Waals surface area contributed by atoms with Gasteiger partial charge in [0.2, 0.25) is 0 Å². The van der Waals surface area contributed by atoms with E-state index in [0.29, 0.717) is 17.2 Å².